The van der Waals surface area contributed by atoms with E-state index in [1.54, 1.807) is 65.8 Å². The first kappa shape index (κ1) is 60.7. The van der Waals surface area contributed by atoms with Gasteiger partial charge in [-0.15, -0.1) is 0 Å². The summed E-state index contributed by atoms with van der Waals surface area (Å²) in [5.74, 6) is -2.88. The number of rotatable bonds is 14. The highest BCUT2D eigenvalue weighted by Crippen LogP contribution is 2.41. The van der Waals surface area contributed by atoms with Crippen LogP contribution in [0.4, 0.5) is 9.59 Å². The number of nitrogens with zero attached hydrogens (tertiary/aromatic N) is 2. The largest absolute Gasteiger partial charge is 0.508 e. The number of phenolic OH excluding ortho intramolecular Hbond substituents is 1. The Morgan fingerprint density at radius 3 is 2.11 bits per heavy atom. The number of cyclic esters (lactones) is 1. The smallest absolute Gasteiger partial charge is 0.407 e. The van der Waals surface area contributed by atoms with Crippen molar-refractivity contribution >= 4 is 18.2 Å². The molecule has 0 saturated carbocycles. The molecule has 3 saturated heterocycles. The van der Waals surface area contributed by atoms with E-state index in [2.05, 4.69) is 10.6 Å². The van der Waals surface area contributed by atoms with Crippen LogP contribution >= 0.6 is 0 Å². The summed E-state index contributed by atoms with van der Waals surface area (Å²) in [6, 6.07) is 15.0. The Labute approximate surface area is 438 Å². The van der Waals surface area contributed by atoms with Crippen LogP contribution in [0.3, 0.4) is 0 Å². The number of ether oxygens (including phenoxy) is 8. The molecule has 2 aromatic carbocycles. The van der Waals surface area contributed by atoms with Gasteiger partial charge in [0.1, 0.15) is 29.2 Å². The van der Waals surface area contributed by atoms with E-state index < -0.39 is 108 Å². The van der Waals surface area contributed by atoms with Crippen LogP contribution in [0.25, 0.3) is 0 Å². The van der Waals surface area contributed by atoms with Gasteiger partial charge in [0.25, 0.3) is 0 Å². The number of aliphatic hydroxyl groups is 3. The van der Waals surface area contributed by atoms with Crippen molar-refractivity contribution in [2.24, 2.45) is 17.8 Å². The van der Waals surface area contributed by atoms with E-state index in [0.717, 1.165) is 11.1 Å². The van der Waals surface area contributed by atoms with Crippen molar-refractivity contribution in [1.82, 2.24) is 20.4 Å². The summed E-state index contributed by atoms with van der Waals surface area (Å²) < 4.78 is 51.2. The van der Waals surface area contributed by atoms with E-state index in [-0.39, 0.29) is 56.2 Å². The second kappa shape index (κ2) is 26.3. The van der Waals surface area contributed by atoms with Gasteiger partial charge in [-0.2, -0.15) is 0 Å². The molecule has 0 aromatic heterocycles. The fourth-order valence-corrected chi connectivity index (χ4v) is 11.2. The second-order valence-corrected chi connectivity index (χ2v) is 22.1. The molecule has 2 aromatic rings. The Kier molecular flexibility index (Phi) is 21.5. The lowest BCUT2D eigenvalue weighted by Gasteiger charge is -2.49. The van der Waals surface area contributed by atoms with E-state index >= 15 is 0 Å². The van der Waals surface area contributed by atoms with Crippen molar-refractivity contribution in [3.63, 3.8) is 0 Å². The molecule has 18 atom stereocenters. The number of esters is 1. The van der Waals surface area contributed by atoms with Gasteiger partial charge in [-0.05, 0) is 124 Å². The summed E-state index contributed by atoms with van der Waals surface area (Å²) in [6.07, 6.45) is -10.3. The van der Waals surface area contributed by atoms with Gasteiger partial charge in [0.05, 0.1) is 35.9 Å². The molecule has 0 bridgehead atoms. The van der Waals surface area contributed by atoms with Crippen LogP contribution in [0.5, 0.6) is 5.75 Å². The highest BCUT2D eigenvalue weighted by atomic mass is 16.7. The monoisotopic (exact) mass is 1040 g/mol. The first-order valence-corrected chi connectivity index (χ1v) is 26.3. The molecule has 3 heterocycles. The second-order valence-electron chi connectivity index (χ2n) is 22.1. The molecule has 6 N–H and O–H groups in total. The first-order valence-electron chi connectivity index (χ1n) is 26.3. The van der Waals surface area contributed by atoms with E-state index in [0.29, 0.717) is 19.4 Å². The molecule has 74 heavy (non-hydrogen) atoms. The number of aromatic hydroxyl groups is 1. The third kappa shape index (κ3) is 15.5. The number of methoxy groups -OCH3 is 1. The van der Waals surface area contributed by atoms with Crippen molar-refractivity contribution < 1.29 is 72.7 Å². The summed E-state index contributed by atoms with van der Waals surface area (Å²) in [5.41, 5.74) is -3.03. The fourth-order valence-electron chi connectivity index (χ4n) is 11.2. The van der Waals surface area contributed by atoms with E-state index in [1.807, 2.05) is 82.0 Å². The molecule has 3 fully saturated rings. The van der Waals surface area contributed by atoms with Gasteiger partial charge in [-0.3, -0.25) is 9.69 Å². The van der Waals surface area contributed by atoms with Crippen molar-refractivity contribution in [3.05, 3.63) is 65.7 Å². The van der Waals surface area contributed by atoms with Crippen LogP contribution in [0, 0.1) is 17.8 Å². The number of likely N-dealkylation sites (N-methyl/N-ethyl adjacent to an activating group) is 2. The number of benzene rings is 2. The Balaban J connectivity index is 1.50. The zero-order valence-corrected chi connectivity index (χ0v) is 46.2. The zero-order chi connectivity index (χ0) is 54.9. The molecule has 19 nitrogen and oxygen atoms in total. The van der Waals surface area contributed by atoms with Crippen molar-refractivity contribution in [1.29, 1.82) is 0 Å². The Bertz CT molecular complexity index is 2080. The van der Waals surface area contributed by atoms with Gasteiger partial charge in [-0.25, -0.2) is 9.59 Å². The minimum absolute atomic E-state index is 0.0254. The molecule has 3 aliphatic heterocycles. The predicted molar refractivity (Wildman–Crippen MR) is 276 cm³/mol. The number of hydrogen-bond acceptors (Lipinski definition) is 17. The molecule has 418 valence electrons. The van der Waals surface area contributed by atoms with E-state index in [1.165, 1.54) is 14.0 Å². The molecule has 3 aliphatic rings. The minimum atomic E-state index is -1.94. The highest BCUT2D eigenvalue weighted by Gasteiger charge is 2.54. The van der Waals surface area contributed by atoms with Crippen LogP contribution in [0.15, 0.2) is 54.6 Å². The average Bonchev–Trinajstić information content (AvgIpc) is 3.34. The highest BCUT2D eigenvalue weighted by molar-refractivity contribution is 5.73. The summed E-state index contributed by atoms with van der Waals surface area (Å²) in [4.78, 5) is 45.7. The molecule has 5 rings (SSSR count). The lowest BCUT2D eigenvalue weighted by atomic mass is 9.77. The maximum Gasteiger partial charge on any atom is 0.407 e. The summed E-state index contributed by atoms with van der Waals surface area (Å²) >= 11 is 0. The third-order valence-corrected chi connectivity index (χ3v) is 15.5. The standard InChI is InChI=1S/C55H88N4O15/c1-15-42-55(10,66)47(73-52(64)57-30-39-19-17-16-18-20-39)36(6)59(13)31-32(2)28-53(8,65)46(72-50-44(61)41(58(11)12)27-33(3)68-50)34(4)45(35(5)49(62)70-42)71-43-29-54(9,67-14)48(37(7)69-43)74-51(63)56-26-25-38-21-23-40(60)24-22-38/h16-24,32-37,41-48,50,60-61,65-66H,15,25-31H2,1-14H3,(H,56,63)(H,57,64)/t32-,33-,34+,35-,36-,37+,41+,42-,43+,44-,45+,46-,47-,48+,50+,53-,54-,55-/m1/s1. The molecule has 0 aliphatic carbocycles. The number of carbonyl (C=O) groups is 3. The first-order chi connectivity index (χ1) is 34.7. The molecular formula is C55H88N4O15. The Hall–Kier alpha value is -4.15. The van der Waals surface area contributed by atoms with Crippen LogP contribution in [-0.2, 0) is 55.7 Å². The van der Waals surface area contributed by atoms with Gasteiger partial charge in [0, 0.05) is 51.2 Å². The number of aliphatic hydroxyl groups excluding tert-OH is 1. The lowest BCUT2D eigenvalue weighted by Crippen LogP contribution is -2.61. The van der Waals surface area contributed by atoms with Gasteiger partial charge >= 0.3 is 18.2 Å². The maximum atomic E-state index is 14.9. The molecule has 0 unspecified atom stereocenters. The number of nitrogens with one attached hydrogen (secondary N) is 2. The minimum Gasteiger partial charge on any atom is -0.508 e. The van der Waals surface area contributed by atoms with Gasteiger partial charge in [-0.1, -0.05) is 63.2 Å². The number of alkyl carbamates (subject to hydrolysis) is 2. The SMILES string of the molecule is CC[C@H]1OC(=O)[C@H](C)[C@@H](O[C@H]2C[C@@](C)(OC)[C@@H](OC(=O)NCCc3ccc(O)cc3)[C@H](C)O2)[C@H](C)[C@@H](O[C@@H]2O[C@H](C)C[C@H](N(C)C)[C@H]2O)[C@](C)(O)C[C@@H](C)CN(C)[C@H](C)[C@@H](OC(=O)NCc2ccccc2)[C@]1(C)O. The van der Waals surface area contributed by atoms with Crippen LogP contribution in [-0.4, -0.2) is 180 Å². The molecule has 2 amide bonds. The molecule has 19 heteroatoms. The number of hydrogen-bond donors (Lipinski definition) is 6. The van der Waals surface area contributed by atoms with Crippen molar-refractivity contribution in [2.45, 2.75) is 198 Å². The summed E-state index contributed by atoms with van der Waals surface area (Å²) in [7, 11) is 7.08. The van der Waals surface area contributed by atoms with Crippen LogP contribution < -0.4 is 10.6 Å². The number of amides is 2. The van der Waals surface area contributed by atoms with Crippen LogP contribution in [0.2, 0.25) is 0 Å². The van der Waals surface area contributed by atoms with E-state index in [9.17, 15) is 34.8 Å². The Morgan fingerprint density at radius 2 is 1.49 bits per heavy atom. The molecular weight excluding hydrogens is 957 g/mol. The maximum absolute atomic E-state index is 14.9. The summed E-state index contributed by atoms with van der Waals surface area (Å²) in [5, 5.41) is 52.6. The quantitative estimate of drug-likeness (QED) is 0.101. The predicted octanol–water partition coefficient (Wildman–Crippen LogP) is 5.52. The lowest BCUT2D eigenvalue weighted by molar-refractivity contribution is -0.317. The van der Waals surface area contributed by atoms with Crippen molar-refractivity contribution in [2.75, 3.05) is 41.3 Å². The average molecular weight is 1050 g/mol. The van der Waals surface area contributed by atoms with E-state index in [4.69, 9.17) is 37.9 Å². The number of carbonyl (C=O) groups excluding carboxylic acids is 3. The fraction of sp³-hybridized carbons (Fsp3) is 0.727. The van der Waals surface area contributed by atoms with Crippen molar-refractivity contribution in [3.8, 4) is 5.75 Å². The molecule has 0 spiro atoms. The normalized spacial score (nSPS) is 38.0. The zero-order valence-electron chi connectivity index (χ0n) is 46.2. The third-order valence-electron chi connectivity index (χ3n) is 15.5. The van der Waals surface area contributed by atoms with Gasteiger partial charge < -0.3 is 73.9 Å². The topological polar surface area (TPSA) is 237 Å². The van der Waals surface area contributed by atoms with Gasteiger partial charge in [0.15, 0.2) is 24.8 Å². The number of phenols is 1. The Morgan fingerprint density at radius 1 is 0.851 bits per heavy atom. The van der Waals surface area contributed by atoms with Gasteiger partial charge in [0.2, 0.25) is 0 Å². The summed E-state index contributed by atoms with van der Waals surface area (Å²) in [6.45, 7) is 18.4. The van der Waals surface area contributed by atoms with Crippen LogP contribution in [0.1, 0.15) is 106 Å². The molecule has 0 radical (unpaired) electrons.